The molecular weight excluding hydrogens is 270 g/mol. The first-order valence-corrected chi connectivity index (χ1v) is 6.39. The number of ether oxygens (including phenoxy) is 1. The monoisotopic (exact) mass is 285 g/mol. The Balaban J connectivity index is 2.01. The van der Waals surface area contributed by atoms with Crippen LogP contribution in [0.25, 0.3) is 0 Å². The lowest BCUT2D eigenvalue weighted by molar-refractivity contribution is -0.148. The van der Waals surface area contributed by atoms with Gasteiger partial charge in [0.2, 0.25) is 0 Å². The summed E-state index contributed by atoms with van der Waals surface area (Å²) >= 11 is 0. The van der Waals surface area contributed by atoms with Crippen LogP contribution in [0.1, 0.15) is 22.0 Å². The Morgan fingerprint density at radius 3 is 2.05 bits per heavy atom. The third-order valence-electron chi connectivity index (χ3n) is 2.97. The molecule has 0 unspecified atom stereocenters. The molecule has 0 aliphatic carbocycles. The van der Waals surface area contributed by atoms with Gasteiger partial charge in [-0.1, -0.05) is 48.5 Å². The van der Waals surface area contributed by atoms with E-state index in [1.54, 1.807) is 48.5 Å². The highest BCUT2D eigenvalue weighted by Gasteiger charge is 2.28. The van der Waals surface area contributed by atoms with Crippen molar-refractivity contribution in [3.8, 4) is 0 Å². The first-order chi connectivity index (χ1) is 10.1. The van der Waals surface area contributed by atoms with Crippen LogP contribution in [0.2, 0.25) is 0 Å². The third-order valence-corrected chi connectivity index (χ3v) is 2.97. The average Bonchev–Trinajstić information content (AvgIpc) is 2.55. The number of benzene rings is 2. The molecule has 0 radical (unpaired) electrons. The van der Waals surface area contributed by atoms with Crippen molar-refractivity contribution in [2.24, 2.45) is 5.73 Å². The van der Waals surface area contributed by atoms with Gasteiger partial charge >= 0.3 is 11.9 Å². The molecule has 108 valence electrons. The molecule has 0 bridgehead atoms. The van der Waals surface area contributed by atoms with Crippen molar-refractivity contribution < 1.29 is 19.4 Å². The van der Waals surface area contributed by atoms with Crippen molar-refractivity contribution in [3.63, 3.8) is 0 Å². The molecule has 0 fully saturated rings. The number of rotatable bonds is 4. The van der Waals surface area contributed by atoms with Gasteiger partial charge < -0.3 is 15.6 Å². The molecule has 5 nitrogen and oxygen atoms in total. The van der Waals surface area contributed by atoms with Crippen LogP contribution < -0.4 is 5.73 Å². The summed E-state index contributed by atoms with van der Waals surface area (Å²) in [6.45, 7) is 0. The lowest BCUT2D eigenvalue weighted by Crippen LogP contribution is -2.36. The van der Waals surface area contributed by atoms with Crippen LogP contribution in [0.3, 0.4) is 0 Å². The molecule has 0 spiro atoms. The predicted octanol–water partition coefficient (Wildman–Crippen LogP) is 1.43. The first-order valence-electron chi connectivity index (χ1n) is 6.39. The Morgan fingerprint density at radius 2 is 1.48 bits per heavy atom. The minimum atomic E-state index is -1.61. The number of nitrogens with two attached hydrogens (primary N) is 1. The molecule has 0 amide bonds. The highest BCUT2D eigenvalue weighted by molar-refractivity contribution is 5.97. The van der Waals surface area contributed by atoms with E-state index in [0.29, 0.717) is 5.56 Å². The van der Waals surface area contributed by atoms with E-state index in [1.807, 2.05) is 0 Å². The predicted molar refractivity (Wildman–Crippen MR) is 76.2 cm³/mol. The van der Waals surface area contributed by atoms with Gasteiger partial charge in [-0.25, -0.2) is 9.59 Å². The second kappa shape index (κ2) is 6.78. The van der Waals surface area contributed by atoms with E-state index in [4.69, 9.17) is 5.73 Å². The van der Waals surface area contributed by atoms with Crippen LogP contribution >= 0.6 is 0 Å². The summed E-state index contributed by atoms with van der Waals surface area (Å²) in [5, 5.41) is 9.88. The first kappa shape index (κ1) is 14.9. The molecule has 2 atom stereocenters. The standard InChI is InChI=1S/C16H15NO4/c17-13(11-7-3-1-4-8-11)14(18)16(20)21-15(19)12-9-5-2-6-10-12/h1-10,13-14,18H,17H2/t13-,14+/m0/s1. The smallest absolute Gasteiger partial charge is 0.345 e. The largest absolute Gasteiger partial charge is 0.387 e. The Labute approximate surface area is 122 Å². The maximum Gasteiger partial charge on any atom is 0.345 e. The molecule has 5 heteroatoms. The fraction of sp³-hybridized carbons (Fsp3) is 0.125. The van der Waals surface area contributed by atoms with Crippen molar-refractivity contribution in [3.05, 3.63) is 71.8 Å². The van der Waals surface area contributed by atoms with Crippen molar-refractivity contribution in [1.29, 1.82) is 0 Å². The number of carbonyl (C=O) groups excluding carboxylic acids is 2. The van der Waals surface area contributed by atoms with Crippen LogP contribution in [0.4, 0.5) is 0 Å². The van der Waals surface area contributed by atoms with Crippen LogP contribution in [0, 0.1) is 0 Å². The quantitative estimate of drug-likeness (QED) is 0.655. The zero-order valence-corrected chi connectivity index (χ0v) is 11.2. The number of aliphatic hydroxyl groups excluding tert-OH is 1. The summed E-state index contributed by atoms with van der Waals surface area (Å²) in [6.07, 6.45) is -1.61. The number of hydrogen-bond acceptors (Lipinski definition) is 5. The zero-order valence-electron chi connectivity index (χ0n) is 11.2. The van der Waals surface area contributed by atoms with E-state index in [-0.39, 0.29) is 5.56 Å². The molecule has 0 aromatic heterocycles. The number of aliphatic hydroxyl groups is 1. The highest BCUT2D eigenvalue weighted by atomic mass is 16.6. The van der Waals surface area contributed by atoms with Crippen LogP contribution in [-0.2, 0) is 9.53 Å². The highest BCUT2D eigenvalue weighted by Crippen LogP contribution is 2.15. The summed E-state index contributed by atoms with van der Waals surface area (Å²) in [5.41, 5.74) is 6.60. The van der Waals surface area contributed by atoms with Crippen LogP contribution in [-0.4, -0.2) is 23.1 Å². The van der Waals surface area contributed by atoms with Crippen LogP contribution in [0.15, 0.2) is 60.7 Å². The lowest BCUT2D eigenvalue weighted by Gasteiger charge is -2.17. The minimum absolute atomic E-state index is 0.228. The van der Waals surface area contributed by atoms with E-state index < -0.39 is 24.1 Å². The van der Waals surface area contributed by atoms with Crippen LogP contribution in [0.5, 0.6) is 0 Å². The summed E-state index contributed by atoms with van der Waals surface area (Å²) in [4.78, 5) is 23.5. The van der Waals surface area contributed by atoms with Gasteiger partial charge in [0.15, 0.2) is 6.10 Å². The topological polar surface area (TPSA) is 89.6 Å². The SMILES string of the molecule is N[C@@H](c1ccccc1)[C@@H](O)C(=O)OC(=O)c1ccccc1. The van der Waals surface area contributed by atoms with E-state index in [9.17, 15) is 14.7 Å². The Morgan fingerprint density at radius 1 is 0.952 bits per heavy atom. The molecule has 2 rings (SSSR count). The molecule has 0 aliphatic heterocycles. The Bertz CT molecular complexity index is 613. The van der Waals surface area contributed by atoms with E-state index in [1.165, 1.54) is 12.1 Å². The molecular formula is C16H15NO4. The van der Waals surface area contributed by atoms with Gasteiger partial charge in [-0.2, -0.15) is 0 Å². The van der Waals surface area contributed by atoms with Crippen molar-refractivity contribution in [2.75, 3.05) is 0 Å². The van der Waals surface area contributed by atoms with Gasteiger partial charge in [0.1, 0.15) is 0 Å². The molecule has 0 saturated carbocycles. The van der Waals surface area contributed by atoms with Gasteiger partial charge in [-0.15, -0.1) is 0 Å². The van der Waals surface area contributed by atoms with E-state index in [0.717, 1.165) is 0 Å². The molecule has 3 N–H and O–H groups in total. The fourth-order valence-electron chi connectivity index (χ4n) is 1.79. The second-order valence-electron chi connectivity index (χ2n) is 4.46. The third kappa shape index (κ3) is 3.75. The summed E-state index contributed by atoms with van der Waals surface area (Å²) in [7, 11) is 0. The minimum Gasteiger partial charge on any atom is -0.387 e. The van der Waals surface area contributed by atoms with Gasteiger partial charge in [0.25, 0.3) is 0 Å². The number of carbonyl (C=O) groups is 2. The van der Waals surface area contributed by atoms with E-state index >= 15 is 0 Å². The summed E-state index contributed by atoms with van der Waals surface area (Å²) < 4.78 is 4.63. The average molecular weight is 285 g/mol. The summed E-state index contributed by atoms with van der Waals surface area (Å²) in [6, 6.07) is 15.7. The van der Waals surface area contributed by atoms with E-state index in [2.05, 4.69) is 4.74 Å². The normalized spacial score (nSPS) is 13.2. The van der Waals surface area contributed by atoms with Gasteiger partial charge in [0, 0.05) is 0 Å². The zero-order chi connectivity index (χ0) is 15.2. The molecule has 0 heterocycles. The van der Waals surface area contributed by atoms with Crippen molar-refractivity contribution in [2.45, 2.75) is 12.1 Å². The number of hydrogen-bond donors (Lipinski definition) is 2. The maximum atomic E-state index is 11.8. The van der Waals surface area contributed by atoms with Gasteiger partial charge in [0.05, 0.1) is 11.6 Å². The second-order valence-corrected chi connectivity index (χ2v) is 4.46. The molecule has 2 aromatic carbocycles. The van der Waals surface area contributed by atoms with Gasteiger partial charge in [-0.05, 0) is 17.7 Å². The number of esters is 2. The summed E-state index contributed by atoms with van der Waals surface area (Å²) in [5.74, 6) is -1.89. The molecule has 21 heavy (non-hydrogen) atoms. The van der Waals surface area contributed by atoms with Crippen molar-refractivity contribution in [1.82, 2.24) is 0 Å². The van der Waals surface area contributed by atoms with Gasteiger partial charge in [-0.3, -0.25) is 0 Å². The lowest BCUT2D eigenvalue weighted by atomic mass is 10.0. The molecule has 0 saturated heterocycles. The maximum absolute atomic E-state index is 11.8. The van der Waals surface area contributed by atoms with Crippen molar-refractivity contribution >= 4 is 11.9 Å². The Hall–Kier alpha value is -2.50. The molecule has 2 aromatic rings. The Kier molecular flexibility index (Phi) is 4.81. The fourth-order valence-corrected chi connectivity index (χ4v) is 1.79. The molecule has 0 aliphatic rings.